The predicted molar refractivity (Wildman–Crippen MR) is 117 cm³/mol. The van der Waals surface area contributed by atoms with E-state index in [9.17, 15) is 4.55 Å². The number of nitrogens with one attached hydrogen (secondary N) is 3. The summed E-state index contributed by atoms with van der Waals surface area (Å²) >= 11 is -1.05. The van der Waals surface area contributed by atoms with Gasteiger partial charge < -0.3 is 15.2 Å². The minimum Gasteiger partial charge on any atom is -0.593 e. The summed E-state index contributed by atoms with van der Waals surface area (Å²) in [6, 6.07) is 14.1. The topological polar surface area (TPSA) is 91.9 Å². The largest absolute Gasteiger partial charge is 0.593 e. The molecule has 1 fully saturated rings. The van der Waals surface area contributed by atoms with Crippen LogP contribution in [0.4, 0.5) is 17.6 Å². The van der Waals surface area contributed by atoms with Crippen LogP contribution in [-0.4, -0.2) is 37.1 Å². The van der Waals surface area contributed by atoms with Crippen LogP contribution in [0.3, 0.4) is 0 Å². The maximum atomic E-state index is 12.5. The first kappa shape index (κ1) is 19.8. The van der Waals surface area contributed by atoms with Gasteiger partial charge in [-0.05, 0) is 67.6 Å². The van der Waals surface area contributed by atoms with Crippen LogP contribution < -0.4 is 10.6 Å². The highest BCUT2D eigenvalue weighted by Gasteiger charge is 2.25. The molecule has 7 nitrogen and oxygen atoms in total. The fourth-order valence-electron chi connectivity index (χ4n) is 3.49. The van der Waals surface area contributed by atoms with Gasteiger partial charge in [0.25, 0.3) is 0 Å². The smallest absolute Gasteiger partial charge is 0.248 e. The SMILES string of the molecule is Cc1cc(C)cc(Nc2n[nH]c(NCc3ccc([S+]([O-])N4CCCC4)cc3)n2)c1. The van der Waals surface area contributed by atoms with E-state index >= 15 is 0 Å². The van der Waals surface area contributed by atoms with E-state index in [0.29, 0.717) is 18.4 Å². The molecule has 3 aromatic rings. The molecule has 0 saturated carbocycles. The first-order valence-corrected chi connectivity index (χ1v) is 10.9. The van der Waals surface area contributed by atoms with Crippen LogP contribution in [0.15, 0.2) is 47.4 Å². The second-order valence-electron chi connectivity index (χ2n) is 7.39. The molecule has 1 atom stereocenters. The summed E-state index contributed by atoms with van der Waals surface area (Å²) in [5, 5.41) is 13.6. The van der Waals surface area contributed by atoms with Gasteiger partial charge in [-0.1, -0.05) is 18.2 Å². The number of nitrogens with zero attached hydrogens (tertiary/aromatic N) is 3. The number of anilines is 3. The Morgan fingerprint density at radius 2 is 1.76 bits per heavy atom. The molecule has 0 spiro atoms. The average molecular weight is 411 g/mol. The van der Waals surface area contributed by atoms with E-state index in [4.69, 9.17) is 0 Å². The maximum Gasteiger partial charge on any atom is 0.248 e. The summed E-state index contributed by atoms with van der Waals surface area (Å²) in [6.07, 6.45) is 2.26. The van der Waals surface area contributed by atoms with E-state index in [1.54, 1.807) is 0 Å². The van der Waals surface area contributed by atoms with Crippen LogP contribution >= 0.6 is 0 Å². The number of aromatic amines is 1. The van der Waals surface area contributed by atoms with Crippen molar-refractivity contribution >= 4 is 28.9 Å². The van der Waals surface area contributed by atoms with Gasteiger partial charge in [0.1, 0.15) is 0 Å². The zero-order chi connectivity index (χ0) is 20.2. The first-order valence-electron chi connectivity index (χ1n) is 9.84. The normalized spacial score (nSPS) is 15.4. The summed E-state index contributed by atoms with van der Waals surface area (Å²) in [7, 11) is 0. The molecule has 2 aromatic carbocycles. The van der Waals surface area contributed by atoms with E-state index in [-0.39, 0.29) is 0 Å². The van der Waals surface area contributed by atoms with Gasteiger partial charge in [0.15, 0.2) is 4.90 Å². The predicted octanol–water partition coefficient (Wildman–Crippen LogP) is 3.90. The van der Waals surface area contributed by atoms with Crippen molar-refractivity contribution in [2.75, 3.05) is 23.7 Å². The number of hydrogen-bond donors (Lipinski definition) is 3. The first-order chi connectivity index (χ1) is 14.1. The van der Waals surface area contributed by atoms with Crippen molar-refractivity contribution in [3.8, 4) is 0 Å². The van der Waals surface area contributed by atoms with Crippen molar-refractivity contribution in [3.05, 3.63) is 59.2 Å². The molecular formula is C21H26N6OS. The van der Waals surface area contributed by atoms with Gasteiger partial charge in [-0.3, -0.25) is 0 Å². The van der Waals surface area contributed by atoms with E-state index < -0.39 is 11.4 Å². The van der Waals surface area contributed by atoms with Crippen molar-refractivity contribution in [2.45, 2.75) is 38.1 Å². The van der Waals surface area contributed by atoms with Crippen LogP contribution in [0.5, 0.6) is 0 Å². The molecule has 152 valence electrons. The Balaban J connectivity index is 1.32. The molecule has 2 heterocycles. The Bertz CT molecular complexity index is 932. The molecule has 3 N–H and O–H groups in total. The molecule has 0 radical (unpaired) electrons. The minimum absolute atomic E-state index is 0.522. The molecule has 1 aliphatic rings. The lowest BCUT2D eigenvalue weighted by molar-refractivity contribution is 0.477. The molecule has 0 bridgehead atoms. The number of hydrogen-bond acceptors (Lipinski definition) is 6. The summed E-state index contributed by atoms with van der Waals surface area (Å²) in [5.41, 5.74) is 4.44. The molecule has 1 saturated heterocycles. The number of H-pyrrole nitrogens is 1. The molecule has 4 rings (SSSR count). The Morgan fingerprint density at radius 1 is 1.07 bits per heavy atom. The lowest BCUT2D eigenvalue weighted by Gasteiger charge is -2.18. The number of rotatable bonds is 7. The molecule has 1 aliphatic heterocycles. The standard InChI is InChI=1S/C21H26N6OS/c1-15-11-16(2)13-18(12-15)23-21-24-20(25-26-21)22-14-17-5-7-19(8-6-17)29(28)27-9-3-4-10-27/h5-8,11-13H,3-4,9-10,14H2,1-2H3,(H3,22,23,24,25,26). The third kappa shape index (κ3) is 5.09. The zero-order valence-electron chi connectivity index (χ0n) is 16.7. The van der Waals surface area contributed by atoms with Crippen molar-refractivity contribution in [2.24, 2.45) is 0 Å². The van der Waals surface area contributed by atoms with Crippen LogP contribution in [0.2, 0.25) is 0 Å². The average Bonchev–Trinajstić information content (AvgIpc) is 3.38. The van der Waals surface area contributed by atoms with E-state index in [1.165, 1.54) is 11.1 Å². The molecule has 0 aliphatic carbocycles. The van der Waals surface area contributed by atoms with Crippen molar-refractivity contribution in [1.29, 1.82) is 0 Å². The molecule has 8 heteroatoms. The Labute approximate surface area is 174 Å². The van der Waals surface area contributed by atoms with E-state index in [1.807, 2.05) is 28.6 Å². The molecule has 29 heavy (non-hydrogen) atoms. The number of benzene rings is 2. The van der Waals surface area contributed by atoms with E-state index in [0.717, 1.165) is 42.1 Å². The monoisotopic (exact) mass is 410 g/mol. The van der Waals surface area contributed by atoms with Gasteiger partial charge in [-0.25, -0.2) is 5.10 Å². The summed E-state index contributed by atoms with van der Waals surface area (Å²) in [6.45, 7) is 6.57. The van der Waals surface area contributed by atoms with Crippen molar-refractivity contribution in [1.82, 2.24) is 19.5 Å². The number of aryl methyl sites for hydroxylation is 2. The third-order valence-corrected chi connectivity index (χ3v) is 6.36. The zero-order valence-corrected chi connectivity index (χ0v) is 17.6. The van der Waals surface area contributed by atoms with Crippen LogP contribution in [0.1, 0.15) is 29.5 Å². The minimum atomic E-state index is -1.05. The van der Waals surface area contributed by atoms with E-state index in [2.05, 4.69) is 57.9 Å². The van der Waals surface area contributed by atoms with Crippen LogP contribution in [-0.2, 0) is 17.9 Å². The highest BCUT2D eigenvalue weighted by atomic mass is 32.2. The fourth-order valence-corrected chi connectivity index (χ4v) is 4.74. The van der Waals surface area contributed by atoms with Crippen molar-refractivity contribution in [3.63, 3.8) is 0 Å². The van der Waals surface area contributed by atoms with Gasteiger partial charge in [-0.15, -0.1) is 9.40 Å². The van der Waals surface area contributed by atoms with Crippen LogP contribution in [0.25, 0.3) is 0 Å². The maximum absolute atomic E-state index is 12.5. The molecule has 1 unspecified atom stereocenters. The van der Waals surface area contributed by atoms with Crippen molar-refractivity contribution < 1.29 is 4.55 Å². The Morgan fingerprint density at radius 3 is 2.45 bits per heavy atom. The van der Waals surface area contributed by atoms with Gasteiger partial charge in [0, 0.05) is 25.3 Å². The summed E-state index contributed by atoms with van der Waals surface area (Å²) < 4.78 is 14.6. The summed E-state index contributed by atoms with van der Waals surface area (Å²) in [5.74, 6) is 1.12. The second kappa shape index (κ2) is 8.86. The Hall–Kier alpha value is -2.55. The highest BCUT2D eigenvalue weighted by molar-refractivity contribution is 7.89. The van der Waals surface area contributed by atoms with Gasteiger partial charge in [-0.2, -0.15) is 4.98 Å². The second-order valence-corrected chi connectivity index (χ2v) is 8.88. The van der Waals surface area contributed by atoms with Gasteiger partial charge >= 0.3 is 0 Å². The number of aromatic nitrogens is 3. The summed E-state index contributed by atoms with van der Waals surface area (Å²) in [4.78, 5) is 5.29. The highest BCUT2D eigenvalue weighted by Crippen LogP contribution is 2.21. The quantitative estimate of drug-likeness (QED) is 0.512. The van der Waals surface area contributed by atoms with Gasteiger partial charge in [0.05, 0.1) is 11.4 Å². The lowest BCUT2D eigenvalue weighted by atomic mass is 10.1. The fraction of sp³-hybridized carbons (Fsp3) is 0.333. The molecule has 0 amide bonds. The Kier molecular flexibility index (Phi) is 6.03. The van der Waals surface area contributed by atoms with Crippen LogP contribution in [0, 0.1) is 13.8 Å². The third-order valence-electron chi connectivity index (χ3n) is 4.85. The lowest BCUT2D eigenvalue weighted by Crippen LogP contribution is -2.27. The molecule has 1 aromatic heterocycles. The van der Waals surface area contributed by atoms with Gasteiger partial charge in [0.2, 0.25) is 11.9 Å². The molecular weight excluding hydrogens is 384 g/mol.